The van der Waals surface area contributed by atoms with Gasteiger partial charge in [0.1, 0.15) is 5.82 Å². The van der Waals surface area contributed by atoms with Gasteiger partial charge in [-0.3, -0.25) is 24.1 Å². The predicted molar refractivity (Wildman–Crippen MR) is 169 cm³/mol. The summed E-state index contributed by atoms with van der Waals surface area (Å²) < 4.78 is 19.8. The molecule has 46 heavy (non-hydrogen) atoms. The quantitative estimate of drug-likeness (QED) is 0.242. The van der Waals surface area contributed by atoms with E-state index >= 15 is 0 Å². The minimum Gasteiger partial charge on any atom is -0.504 e. The molecule has 2 aliphatic carbocycles. The number of phenols is 1. The second kappa shape index (κ2) is 11.0. The molecule has 0 aromatic heterocycles. The Kier molecular flexibility index (Phi) is 7.25. The maximum Gasteiger partial charge on any atom is 0.241 e. The van der Waals surface area contributed by atoms with Crippen LogP contribution in [0.5, 0.6) is 11.5 Å². The number of halogens is 3. The molecule has 4 amide bonds. The number of rotatable bonds is 5. The number of fused-ring (bicyclic) bond motifs is 4. The van der Waals surface area contributed by atoms with Gasteiger partial charge in [0, 0.05) is 10.9 Å². The molecule has 0 radical (unpaired) electrons. The predicted octanol–water partition coefficient (Wildman–Crippen LogP) is 6.67. The summed E-state index contributed by atoms with van der Waals surface area (Å²) in [6.45, 7) is 3.81. The van der Waals surface area contributed by atoms with Crippen molar-refractivity contribution < 1.29 is 33.4 Å². The minimum atomic E-state index is -1.32. The van der Waals surface area contributed by atoms with Crippen LogP contribution in [0.25, 0.3) is 0 Å². The smallest absolute Gasteiger partial charge is 0.241 e. The summed E-state index contributed by atoms with van der Waals surface area (Å²) in [5, 5.41) is 10.8. The highest BCUT2D eigenvalue weighted by atomic mass is 35.5. The van der Waals surface area contributed by atoms with Crippen LogP contribution in [0.4, 0.5) is 15.8 Å². The van der Waals surface area contributed by atoms with E-state index in [0.717, 1.165) is 16.5 Å². The molecule has 0 unspecified atom stereocenters. The van der Waals surface area contributed by atoms with E-state index < -0.39 is 52.6 Å². The largest absolute Gasteiger partial charge is 0.504 e. The molecule has 0 spiro atoms. The molecule has 8 nitrogen and oxygen atoms in total. The van der Waals surface area contributed by atoms with Gasteiger partial charge in [-0.1, -0.05) is 40.9 Å². The van der Waals surface area contributed by atoms with Crippen LogP contribution in [0.2, 0.25) is 10.0 Å². The number of anilines is 2. The number of nitrogens with zero attached hydrogens (tertiary/aromatic N) is 2. The van der Waals surface area contributed by atoms with Crippen LogP contribution in [0.3, 0.4) is 0 Å². The molecule has 6 atom stereocenters. The lowest BCUT2D eigenvalue weighted by molar-refractivity contribution is -0.131. The summed E-state index contributed by atoms with van der Waals surface area (Å²) in [4.78, 5) is 59.0. The van der Waals surface area contributed by atoms with Gasteiger partial charge >= 0.3 is 0 Å². The third kappa shape index (κ3) is 4.32. The summed E-state index contributed by atoms with van der Waals surface area (Å²) in [6.07, 6.45) is 2.37. The maximum atomic E-state index is 14.5. The van der Waals surface area contributed by atoms with Crippen molar-refractivity contribution in [1.29, 1.82) is 0 Å². The van der Waals surface area contributed by atoms with Crippen LogP contribution >= 0.6 is 23.2 Å². The van der Waals surface area contributed by atoms with E-state index in [-0.39, 0.29) is 53.5 Å². The molecule has 3 aromatic carbocycles. The number of phenolic OH excluding ortho intramolecular Hbond substituents is 1. The summed E-state index contributed by atoms with van der Waals surface area (Å²) >= 11 is 12.1. The minimum absolute atomic E-state index is 0.0797. The van der Waals surface area contributed by atoms with E-state index in [1.165, 1.54) is 23.1 Å². The Morgan fingerprint density at radius 2 is 1.63 bits per heavy atom. The van der Waals surface area contributed by atoms with Crippen molar-refractivity contribution in [2.75, 3.05) is 16.4 Å². The Bertz CT molecular complexity index is 1860. The van der Waals surface area contributed by atoms with E-state index in [9.17, 15) is 28.7 Å². The average molecular weight is 664 g/mol. The van der Waals surface area contributed by atoms with Crippen molar-refractivity contribution in [1.82, 2.24) is 0 Å². The lowest BCUT2D eigenvalue weighted by Gasteiger charge is -2.49. The highest BCUT2D eigenvalue weighted by Crippen LogP contribution is 2.64. The normalized spacial score (nSPS) is 28.6. The highest BCUT2D eigenvalue weighted by molar-refractivity contribution is 6.32. The monoisotopic (exact) mass is 662 g/mol. The zero-order chi connectivity index (χ0) is 32.7. The number of ether oxygens (including phenoxy) is 1. The van der Waals surface area contributed by atoms with Crippen molar-refractivity contribution in [3.05, 3.63) is 93.7 Å². The number of amides is 4. The fourth-order valence-electron chi connectivity index (χ4n) is 8.09. The molecule has 3 aromatic rings. The first-order valence-electron chi connectivity index (χ1n) is 15.1. The summed E-state index contributed by atoms with van der Waals surface area (Å²) in [5.74, 6) is -5.73. The molecule has 1 saturated carbocycles. The highest BCUT2D eigenvalue weighted by Gasteiger charge is 2.67. The van der Waals surface area contributed by atoms with E-state index in [1.807, 2.05) is 6.08 Å². The van der Waals surface area contributed by atoms with Gasteiger partial charge in [0.15, 0.2) is 11.5 Å². The van der Waals surface area contributed by atoms with Gasteiger partial charge in [-0.15, -0.1) is 0 Å². The van der Waals surface area contributed by atoms with Gasteiger partial charge in [-0.25, -0.2) is 9.29 Å². The fraction of sp³-hybridized carbons (Fsp3) is 0.314. The second-order valence-corrected chi connectivity index (χ2v) is 13.3. The van der Waals surface area contributed by atoms with Gasteiger partial charge in [0.25, 0.3) is 0 Å². The van der Waals surface area contributed by atoms with E-state index in [4.69, 9.17) is 27.9 Å². The third-order valence-corrected chi connectivity index (χ3v) is 10.7. The number of aromatic hydroxyl groups is 1. The van der Waals surface area contributed by atoms with Crippen molar-refractivity contribution in [3.8, 4) is 11.5 Å². The van der Waals surface area contributed by atoms with Crippen LogP contribution in [0, 0.1) is 34.9 Å². The van der Waals surface area contributed by atoms with Gasteiger partial charge in [-0.05, 0) is 92.8 Å². The lowest BCUT2D eigenvalue weighted by Crippen LogP contribution is -2.48. The number of carbonyl (C=O) groups is 4. The van der Waals surface area contributed by atoms with Gasteiger partial charge < -0.3 is 9.84 Å². The van der Waals surface area contributed by atoms with Crippen molar-refractivity contribution >= 4 is 58.2 Å². The summed E-state index contributed by atoms with van der Waals surface area (Å²) in [6, 6.07) is 15.0. The molecule has 3 fully saturated rings. The molecule has 11 heteroatoms. The number of carbonyl (C=O) groups excluding carboxylic acids is 4. The molecular formula is C35H29Cl2FN2O6. The SMILES string of the molecule is CCOc1cc([C@H]2C3=CC[C@@H]4C(=O)N(c5ccc(Cl)cc5)C(=O)[C@@H]4[C@@H]3C[C@H]3C(=O)N(c4ccc(F)c(Cl)c4)C(=O)[C@@]23C)ccc1O. The topological polar surface area (TPSA) is 104 Å². The molecule has 0 bridgehead atoms. The number of benzene rings is 3. The van der Waals surface area contributed by atoms with Crippen LogP contribution in [-0.4, -0.2) is 35.3 Å². The van der Waals surface area contributed by atoms with Gasteiger partial charge in [0.2, 0.25) is 23.6 Å². The van der Waals surface area contributed by atoms with Crippen molar-refractivity contribution in [2.24, 2.45) is 29.1 Å². The van der Waals surface area contributed by atoms with Gasteiger partial charge in [0.05, 0.1) is 46.2 Å². The van der Waals surface area contributed by atoms with E-state index in [0.29, 0.717) is 16.3 Å². The molecule has 2 heterocycles. The molecule has 236 valence electrons. The Morgan fingerprint density at radius 3 is 2.33 bits per heavy atom. The molecule has 2 aliphatic heterocycles. The Morgan fingerprint density at radius 1 is 0.913 bits per heavy atom. The number of allylic oxidation sites excluding steroid dienone is 2. The molecule has 1 N–H and O–H groups in total. The summed E-state index contributed by atoms with van der Waals surface area (Å²) in [5.41, 5.74) is 0.642. The van der Waals surface area contributed by atoms with E-state index in [1.54, 1.807) is 50.2 Å². The third-order valence-electron chi connectivity index (χ3n) is 10.1. The molecule has 2 saturated heterocycles. The first-order chi connectivity index (χ1) is 22.0. The summed E-state index contributed by atoms with van der Waals surface area (Å²) in [7, 11) is 0. The zero-order valence-corrected chi connectivity index (χ0v) is 26.4. The second-order valence-electron chi connectivity index (χ2n) is 12.4. The Labute approximate surface area is 274 Å². The number of hydrogen-bond acceptors (Lipinski definition) is 6. The lowest BCUT2D eigenvalue weighted by atomic mass is 9.51. The standard InChI is InChI=1S/C35H29Cl2FN2O6/c1-3-46-28-14-17(4-13-27(28)41)30-21-10-11-22-29(33(44)39(31(22)42)19-7-5-18(36)6-8-19)23(21)16-24-32(43)40(34(45)35(24,30)2)20-9-12-26(38)25(37)15-20/h4-10,12-15,22-24,29-30,41H,3,11,16H2,1-2H3/t22-,23+,24-,29-,30-,35+/m0/s1. The molecule has 7 rings (SSSR count). The van der Waals surface area contributed by atoms with E-state index in [2.05, 4.69) is 0 Å². The van der Waals surface area contributed by atoms with Crippen molar-refractivity contribution in [2.45, 2.75) is 32.6 Å². The zero-order valence-electron chi connectivity index (χ0n) is 24.9. The molecule has 4 aliphatic rings. The first kappa shape index (κ1) is 30.4. The van der Waals surface area contributed by atoms with Crippen LogP contribution in [0.15, 0.2) is 72.3 Å². The van der Waals surface area contributed by atoms with Gasteiger partial charge in [-0.2, -0.15) is 0 Å². The maximum absolute atomic E-state index is 14.5. The van der Waals surface area contributed by atoms with Crippen LogP contribution < -0.4 is 14.5 Å². The average Bonchev–Trinajstić information content (AvgIpc) is 3.40. The number of hydrogen-bond donors (Lipinski definition) is 1. The van der Waals surface area contributed by atoms with Crippen LogP contribution in [0.1, 0.15) is 38.2 Å². The van der Waals surface area contributed by atoms with Crippen molar-refractivity contribution in [3.63, 3.8) is 0 Å². The first-order valence-corrected chi connectivity index (χ1v) is 15.8. The Balaban J connectivity index is 1.37. The fourth-order valence-corrected chi connectivity index (χ4v) is 8.39. The van der Waals surface area contributed by atoms with Crippen LogP contribution in [-0.2, 0) is 19.2 Å². The molecular weight excluding hydrogens is 634 g/mol. The number of imide groups is 2. The Hall–Kier alpha value is -4.21.